The zero-order valence-corrected chi connectivity index (χ0v) is 14.6. The molecule has 0 aliphatic carbocycles. The number of hydrazone groups is 1. The van der Waals surface area contributed by atoms with Crippen LogP contribution in [0.2, 0.25) is 0 Å². The lowest BCUT2D eigenvalue weighted by molar-refractivity contribution is 0.414. The molecule has 2 N–H and O–H groups in total. The van der Waals surface area contributed by atoms with Crippen molar-refractivity contribution in [1.82, 2.24) is 5.43 Å². The third-order valence-corrected chi connectivity index (χ3v) is 3.64. The molecule has 0 aliphatic rings. The second-order valence-electron chi connectivity index (χ2n) is 5.31. The van der Waals surface area contributed by atoms with E-state index >= 15 is 0 Å². The van der Waals surface area contributed by atoms with E-state index in [2.05, 4.69) is 28.8 Å². The summed E-state index contributed by atoms with van der Waals surface area (Å²) in [6.07, 6.45) is 0. The predicted octanol–water partition coefficient (Wildman–Crippen LogP) is 4.02. The quantitative estimate of drug-likeness (QED) is 0.506. The molecule has 0 saturated carbocycles. The van der Waals surface area contributed by atoms with Gasteiger partial charge in [-0.25, -0.2) is 0 Å². The van der Waals surface area contributed by atoms with Gasteiger partial charge in [-0.05, 0) is 56.8 Å². The molecule has 0 spiro atoms. The minimum absolute atomic E-state index is 0.458. The van der Waals surface area contributed by atoms with Gasteiger partial charge in [0.15, 0.2) is 5.11 Å². The summed E-state index contributed by atoms with van der Waals surface area (Å²) in [5, 5.41) is 7.93. The van der Waals surface area contributed by atoms with Crippen molar-refractivity contribution >= 4 is 28.7 Å². The zero-order valence-electron chi connectivity index (χ0n) is 13.8. The molecular formula is C18H21N3OS. The van der Waals surface area contributed by atoms with E-state index in [9.17, 15) is 0 Å². The largest absolute Gasteiger partial charge is 0.497 e. The molecule has 0 atom stereocenters. The molecule has 0 aliphatic heterocycles. The molecule has 23 heavy (non-hydrogen) atoms. The Morgan fingerprint density at radius 3 is 2.61 bits per heavy atom. The first-order valence-electron chi connectivity index (χ1n) is 7.32. The number of ether oxygens (including phenoxy) is 1. The van der Waals surface area contributed by atoms with Crippen LogP contribution in [0.25, 0.3) is 0 Å². The van der Waals surface area contributed by atoms with Gasteiger partial charge in [-0.3, -0.25) is 5.43 Å². The maximum atomic E-state index is 5.29. The molecule has 0 heterocycles. The Bertz CT molecular complexity index is 741. The van der Waals surface area contributed by atoms with Crippen LogP contribution in [-0.4, -0.2) is 17.9 Å². The highest BCUT2D eigenvalue weighted by Crippen LogP contribution is 2.16. The highest BCUT2D eigenvalue weighted by Gasteiger charge is 2.02. The third kappa shape index (κ3) is 4.79. The fourth-order valence-corrected chi connectivity index (χ4v) is 2.31. The van der Waals surface area contributed by atoms with Crippen LogP contribution in [0.15, 0.2) is 47.6 Å². The van der Waals surface area contributed by atoms with E-state index in [1.54, 1.807) is 7.11 Å². The number of nitrogens with one attached hydrogen (secondary N) is 2. The Kier molecular flexibility index (Phi) is 5.71. The average molecular weight is 327 g/mol. The molecule has 2 rings (SSSR count). The molecule has 5 heteroatoms. The number of rotatable bonds is 4. The van der Waals surface area contributed by atoms with Crippen molar-refractivity contribution in [3.05, 3.63) is 59.2 Å². The zero-order chi connectivity index (χ0) is 16.8. The molecule has 4 nitrogen and oxygen atoms in total. The van der Waals surface area contributed by atoms with E-state index in [-0.39, 0.29) is 0 Å². The number of benzene rings is 2. The van der Waals surface area contributed by atoms with Gasteiger partial charge in [0.1, 0.15) is 5.75 Å². The van der Waals surface area contributed by atoms with Crippen LogP contribution in [0.1, 0.15) is 23.6 Å². The summed E-state index contributed by atoms with van der Waals surface area (Å²) in [6, 6.07) is 13.9. The molecule has 2 aromatic rings. The SMILES string of the molecule is COc1cccc(/C(C)=N\NC(=S)Nc2ccc(C)cc2C)c1. The van der Waals surface area contributed by atoms with E-state index in [0.29, 0.717) is 5.11 Å². The smallest absolute Gasteiger partial charge is 0.191 e. The van der Waals surface area contributed by atoms with Crippen LogP contribution < -0.4 is 15.5 Å². The molecule has 0 saturated heterocycles. The van der Waals surface area contributed by atoms with Crippen LogP contribution in [0.4, 0.5) is 5.69 Å². The number of nitrogens with zero attached hydrogens (tertiary/aromatic N) is 1. The summed E-state index contributed by atoms with van der Waals surface area (Å²) >= 11 is 5.29. The second-order valence-corrected chi connectivity index (χ2v) is 5.72. The Balaban J connectivity index is 2.02. The van der Waals surface area contributed by atoms with Crippen molar-refractivity contribution in [1.29, 1.82) is 0 Å². The van der Waals surface area contributed by atoms with Crippen molar-refractivity contribution < 1.29 is 4.74 Å². The van der Waals surface area contributed by atoms with E-state index in [1.165, 1.54) is 5.56 Å². The number of hydrogen-bond donors (Lipinski definition) is 2. The lowest BCUT2D eigenvalue weighted by Crippen LogP contribution is -2.25. The highest BCUT2D eigenvalue weighted by molar-refractivity contribution is 7.80. The van der Waals surface area contributed by atoms with Gasteiger partial charge in [-0.2, -0.15) is 5.10 Å². The van der Waals surface area contributed by atoms with Crippen molar-refractivity contribution in [2.24, 2.45) is 5.10 Å². The molecular weight excluding hydrogens is 306 g/mol. The minimum atomic E-state index is 0.458. The summed E-state index contributed by atoms with van der Waals surface area (Å²) in [5.41, 5.74) is 8.02. The van der Waals surface area contributed by atoms with Crippen LogP contribution >= 0.6 is 12.2 Å². The Hall–Kier alpha value is -2.40. The molecule has 2 aromatic carbocycles. The van der Waals surface area contributed by atoms with Crippen LogP contribution in [-0.2, 0) is 0 Å². The molecule has 0 fully saturated rings. The maximum Gasteiger partial charge on any atom is 0.191 e. The first-order valence-corrected chi connectivity index (χ1v) is 7.73. The summed E-state index contributed by atoms with van der Waals surface area (Å²) in [7, 11) is 1.65. The maximum absolute atomic E-state index is 5.29. The number of thiocarbonyl (C=S) groups is 1. The monoisotopic (exact) mass is 327 g/mol. The highest BCUT2D eigenvalue weighted by atomic mass is 32.1. The lowest BCUT2D eigenvalue weighted by atomic mass is 10.1. The Labute approximate surface area is 142 Å². The van der Waals surface area contributed by atoms with Gasteiger partial charge in [0.25, 0.3) is 0 Å². The number of methoxy groups -OCH3 is 1. The summed E-state index contributed by atoms with van der Waals surface area (Å²) in [5.74, 6) is 0.799. The predicted molar refractivity (Wildman–Crippen MR) is 100 cm³/mol. The fourth-order valence-electron chi connectivity index (χ4n) is 2.15. The molecule has 120 valence electrons. The summed E-state index contributed by atoms with van der Waals surface area (Å²) < 4.78 is 5.22. The topological polar surface area (TPSA) is 45.6 Å². The number of aryl methyl sites for hydroxylation is 2. The van der Waals surface area contributed by atoms with Gasteiger partial charge in [-0.1, -0.05) is 29.8 Å². The third-order valence-electron chi connectivity index (χ3n) is 3.44. The Morgan fingerprint density at radius 2 is 1.91 bits per heavy atom. The number of hydrogen-bond acceptors (Lipinski definition) is 3. The van der Waals surface area contributed by atoms with Gasteiger partial charge >= 0.3 is 0 Å². The molecule has 0 unspecified atom stereocenters. The average Bonchev–Trinajstić information content (AvgIpc) is 2.55. The number of anilines is 1. The minimum Gasteiger partial charge on any atom is -0.497 e. The lowest BCUT2D eigenvalue weighted by Gasteiger charge is -2.11. The van der Waals surface area contributed by atoms with Gasteiger partial charge in [-0.15, -0.1) is 0 Å². The van der Waals surface area contributed by atoms with E-state index in [4.69, 9.17) is 17.0 Å². The normalized spacial score (nSPS) is 11.0. The molecule has 0 aromatic heterocycles. The second kappa shape index (κ2) is 7.74. The van der Waals surface area contributed by atoms with Gasteiger partial charge in [0.2, 0.25) is 0 Å². The van der Waals surface area contributed by atoms with Gasteiger partial charge < -0.3 is 10.1 Å². The van der Waals surface area contributed by atoms with Crippen molar-refractivity contribution in [3.63, 3.8) is 0 Å². The first kappa shape index (κ1) is 17.0. The molecule has 0 radical (unpaired) electrons. The van der Waals surface area contributed by atoms with Gasteiger partial charge in [0, 0.05) is 11.3 Å². The van der Waals surface area contributed by atoms with E-state index in [1.807, 2.05) is 50.2 Å². The van der Waals surface area contributed by atoms with Gasteiger partial charge in [0.05, 0.1) is 12.8 Å². The standard InChI is InChI=1S/C18H21N3OS/c1-12-8-9-17(13(2)10-12)19-18(23)21-20-14(3)15-6-5-7-16(11-15)22-4/h5-11H,1-4H3,(H2,19,21,23)/b20-14-. The summed E-state index contributed by atoms with van der Waals surface area (Å²) in [6.45, 7) is 6.03. The van der Waals surface area contributed by atoms with Crippen LogP contribution in [0.3, 0.4) is 0 Å². The Morgan fingerprint density at radius 1 is 1.13 bits per heavy atom. The summed E-state index contributed by atoms with van der Waals surface area (Å²) in [4.78, 5) is 0. The van der Waals surface area contributed by atoms with Crippen molar-refractivity contribution in [2.45, 2.75) is 20.8 Å². The molecule has 0 amide bonds. The van der Waals surface area contributed by atoms with Crippen LogP contribution in [0, 0.1) is 13.8 Å². The molecule has 0 bridgehead atoms. The van der Waals surface area contributed by atoms with E-state index < -0.39 is 0 Å². The van der Waals surface area contributed by atoms with Crippen molar-refractivity contribution in [2.75, 3.05) is 12.4 Å². The van der Waals surface area contributed by atoms with E-state index in [0.717, 1.165) is 28.3 Å². The first-order chi connectivity index (χ1) is 11.0. The van der Waals surface area contributed by atoms with Crippen LogP contribution in [0.5, 0.6) is 5.75 Å². The fraction of sp³-hybridized carbons (Fsp3) is 0.222. The van der Waals surface area contributed by atoms with Crippen molar-refractivity contribution in [3.8, 4) is 5.75 Å².